The number of likely N-dealkylation sites (tertiary alicyclic amines) is 1. The molecule has 0 bridgehead atoms. The van der Waals surface area contributed by atoms with E-state index < -0.39 is 5.97 Å². The van der Waals surface area contributed by atoms with Gasteiger partial charge in [0.25, 0.3) is 5.91 Å². The molecule has 2 aliphatic rings. The molecular weight excluding hydrogens is 324 g/mol. The third kappa shape index (κ3) is 2.32. The number of aromatic nitrogens is 1. The molecule has 0 aromatic carbocycles. The van der Waals surface area contributed by atoms with Gasteiger partial charge in [0.2, 0.25) is 0 Å². The molecule has 1 amide bonds. The highest BCUT2D eigenvalue weighted by atomic mass is 79.9. The van der Waals surface area contributed by atoms with Crippen molar-refractivity contribution in [2.75, 3.05) is 13.1 Å². The number of aliphatic carboxylic acids is 1. The second-order valence-electron chi connectivity index (χ2n) is 5.64. The number of rotatable bonds is 2. The van der Waals surface area contributed by atoms with Gasteiger partial charge in [-0.1, -0.05) is 0 Å². The first-order valence-electron chi connectivity index (χ1n) is 6.64. The molecule has 1 aliphatic heterocycles. The van der Waals surface area contributed by atoms with Crippen LogP contribution in [0.15, 0.2) is 22.9 Å². The molecule has 0 radical (unpaired) electrons. The molecule has 1 aromatic rings. The average molecular weight is 339 g/mol. The molecule has 1 aromatic heterocycles. The average Bonchev–Trinajstić information content (AvgIpc) is 3.13. The summed E-state index contributed by atoms with van der Waals surface area (Å²) in [4.78, 5) is 29.2. The fraction of sp³-hybridized carbons (Fsp3) is 0.500. The third-order valence-electron chi connectivity index (χ3n) is 4.49. The van der Waals surface area contributed by atoms with Crippen molar-refractivity contribution in [3.05, 3.63) is 28.5 Å². The summed E-state index contributed by atoms with van der Waals surface area (Å²) < 4.78 is 0.782. The smallest absolute Gasteiger partial charge is 0.307 e. The lowest BCUT2D eigenvalue weighted by Gasteiger charge is -2.32. The molecule has 1 N–H and O–H groups in total. The molecule has 1 unspecified atom stereocenters. The largest absolute Gasteiger partial charge is 0.481 e. The highest BCUT2D eigenvalue weighted by Crippen LogP contribution is 2.59. The number of carboxylic acid groups (broad SMARTS) is 1. The Morgan fingerprint density at radius 1 is 1.35 bits per heavy atom. The van der Waals surface area contributed by atoms with Gasteiger partial charge in [0.1, 0.15) is 0 Å². The lowest BCUT2D eigenvalue weighted by Crippen LogP contribution is -2.40. The van der Waals surface area contributed by atoms with E-state index in [0.717, 1.165) is 23.7 Å². The van der Waals surface area contributed by atoms with Crippen LogP contribution in [0.4, 0.5) is 0 Å². The molecule has 106 valence electrons. The highest BCUT2D eigenvalue weighted by Gasteiger charge is 2.59. The van der Waals surface area contributed by atoms with Crippen molar-refractivity contribution in [3.8, 4) is 0 Å². The van der Waals surface area contributed by atoms with Crippen LogP contribution in [0.2, 0.25) is 0 Å². The van der Waals surface area contributed by atoms with Crippen LogP contribution in [0.5, 0.6) is 0 Å². The zero-order valence-electron chi connectivity index (χ0n) is 10.9. The first-order chi connectivity index (χ1) is 9.52. The van der Waals surface area contributed by atoms with Gasteiger partial charge < -0.3 is 10.0 Å². The van der Waals surface area contributed by atoms with Crippen LogP contribution in [0.25, 0.3) is 0 Å². The Morgan fingerprint density at radius 2 is 2.05 bits per heavy atom. The fourth-order valence-electron chi connectivity index (χ4n) is 3.12. The van der Waals surface area contributed by atoms with Crippen LogP contribution in [-0.4, -0.2) is 40.0 Å². The number of carbonyl (C=O) groups is 2. The van der Waals surface area contributed by atoms with Crippen molar-refractivity contribution in [1.29, 1.82) is 0 Å². The van der Waals surface area contributed by atoms with Crippen LogP contribution in [0, 0.1) is 11.3 Å². The Hall–Kier alpha value is -1.43. The van der Waals surface area contributed by atoms with Crippen molar-refractivity contribution in [2.45, 2.75) is 19.3 Å². The molecule has 6 heteroatoms. The number of nitrogens with zero attached hydrogens (tertiary/aromatic N) is 2. The van der Waals surface area contributed by atoms with Crippen LogP contribution >= 0.6 is 15.9 Å². The van der Waals surface area contributed by atoms with Crippen LogP contribution in [-0.2, 0) is 4.79 Å². The molecule has 20 heavy (non-hydrogen) atoms. The monoisotopic (exact) mass is 338 g/mol. The summed E-state index contributed by atoms with van der Waals surface area (Å²) >= 11 is 3.31. The number of hydrogen-bond donors (Lipinski definition) is 1. The van der Waals surface area contributed by atoms with Gasteiger partial charge in [-0.25, -0.2) is 0 Å². The molecule has 3 rings (SSSR count). The van der Waals surface area contributed by atoms with E-state index in [2.05, 4.69) is 20.9 Å². The standard InChI is InChI=1S/C14H15BrN2O3/c15-10-5-9(7-16-8-10)12(18)17-3-1-14(2-4-17)6-11(14)13(19)20/h5,7-8,11H,1-4,6H2,(H,19,20). The topological polar surface area (TPSA) is 70.5 Å². The minimum absolute atomic E-state index is 0.0267. The Bertz CT molecular complexity index is 567. The van der Waals surface area contributed by atoms with Gasteiger partial charge in [-0.15, -0.1) is 0 Å². The fourth-order valence-corrected chi connectivity index (χ4v) is 3.48. The van der Waals surface area contributed by atoms with Gasteiger partial charge in [0, 0.05) is 30.0 Å². The van der Waals surface area contributed by atoms with E-state index in [1.807, 2.05) is 0 Å². The van der Waals surface area contributed by atoms with Crippen LogP contribution in [0.1, 0.15) is 29.6 Å². The van der Waals surface area contributed by atoms with Gasteiger partial charge in [0.05, 0.1) is 11.5 Å². The number of carbonyl (C=O) groups excluding carboxylic acids is 1. The maximum absolute atomic E-state index is 12.3. The summed E-state index contributed by atoms with van der Waals surface area (Å²) in [6.45, 7) is 1.27. The molecule has 1 saturated carbocycles. The summed E-state index contributed by atoms with van der Waals surface area (Å²) in [6, 6.07) is 1.76. The van der Waals surface area contributed by atoms with E-state index >= 15 is 0 Å². The SMILES string of the molecule is O=C(O)C1CC12CCN(C(=O)c1cncc(Br)c1)CC2. The second-order valence-corrected chi connectivity index (χ2v) is 6.56. The summed E-state index contributed by atoms with van der Waals surface area (Å²) in [7, 11) is 0. The summed E-state index contributed by atoms with van der Waals surface area (Å²) in [5.74, 6) is -0.922. The van der Waals surface area contributed by atoms with Crippen molar-refractivity contribution in [3.63, 3.8) is 0 Å². The van der Waals surface area contributed by atoms with E-state index in [1.165, 1.54) is 0 Å². The van der Waals surface area contributed by atoms with Crippen LogP contribution in [0.3, 0.4) is 0 Å². The number of amides is 1. The van der Waals surface area contributed by atoms with Crippen molar-refractivity contribution < 1.29 is 14.7 Å². The number of halogens is 1. The Balaban J connectivity index is 1.64. The molecular formula is C14H15BrN2O3. The third-order valence-corrected chi connectivity index (χ3v) is 4.92. The Labute approximate surface area is 125 Å². The van der Waals surface area contributed by atoms with Gasteiger partial charge in [-0.3, -0.25) is 14.6 Å². The van der Waals surface area contributed by atoms with E-state index in [9.17, 15) is 9.59 Å². The van der Waals surface area contributed by atoms with Gasteiger partial charge in [-0.2, -0.15) is 0 Å². The normalized spacial score (nSPS) is 23.6. The molecule has 2 heterocycles. The number of hydrogen-bond acceptors (Lipinski definition) is 3. The quantitative estimate of drug-likeness (QED) is 0.897. The Morgan fingerprint density at radius 3 is 2.60 bits per heavy atom. The second kappa shape index (κ2) is 4.84. The molecule has 5 nitrogen and oxygen atoms in total. The Kier molecular flexibility index (Phi) is 3.28. The van der Waals surface area contributed by atoms with E-state index in [1.54, 1.807) is 23.4 Å². The number of carboxylic acids is 1. The van der Waals surface area contributed by atoms with Crippen molar-refractivity contribution in [2.24, 2.45) is 11.3 Å². The highest BCUT2D eigenvalue weighted by molar-refractivity contribution is 9.10. The zero-order valence-corrected chi connectivity index (χ0v) is 12.5. The minimum Gasteiger partial charge on any atom is -0.481 e. The van der Waals surface area contributed by atoms with Crippen LogP contribution < -0.4 is 0 Å². The van der Waals surface area contributed by atoms with Crippen molar-refractivity contribution >= 4 is 27.8 Å². The zero-order chi connectivity index (χ0) is 14.3. The lowest BCUT2D eigenvalue weighted by molar-refractivity contribution is -0.139. The van der Waals surface area contributed by atoms with E-state index in [0.29, 0.717) is 18.7 Å². The van der Waals surface area contributed by atoms with E-state index in [4.69, 9.17) is 5.11 Å². The maximum Gasteiger partial charge on any atom is 0.307 e. The van der Waals surface area contributed by atoms with Crippen molar-refractivity contribution in [1.82, 2.24) is 9.88 Å². The number of pyridine rings is 1. The summed E-state index contributed by atoms with van der Waals surface area (Å²) in [5.41, 5.74) is 0.527. The minimum atomic E-state index is -0.694. The first-order valence-corrected chi connectivity index (χ1v) is 7.44. The van der Waals surface area contributed by atoms with Gasteiger partial charge in [0.15, 0.2) is 0 Å². The molecule has 2 fully saturated rings. The summed E-state index contributed by atoms with van der Waals surface area (Å²) in [5, 5.41) is 9.06. The van der Waals surface area contributed by atoms with Gasteiger partial charge >= 0.3 is 5.97 Å². The lowest BCUT2D eigenvalue weighted by atomic mass is 9.90. The molecule has 1 saturated heterocycles. The van der Waals surface area contributed by atoms with Gasteiger partial charge in [-0.05, 0) is 46.7 Å². The number of piperidine rings is 1. The maximum atomic E-state index is 12.3. The first kappa shape index (κ1) is 13.5. The molecule has 1 spiro atoms. The predicted octanol–water partition coefficient (Wildman–Crippen LogP) is 2.17. The molecule has 1 atom stereocenters. The van der Waals surface area contributed by atoms with E-state index in [-0.39, 0.29) is 17.2 Å². The summed E-state index contributed by atoms with van der Waals surface area (Å²) in [6.07, 6.45) is 5.55. The predicted molar refractivity (Wildman–Crippen MR) is 75.3 cm³/mol. The molecule has 1 aliphatic carbocycles.